The van der Waals surface area contributed by atoms with E-state index in [-0.39, 0.29) is 5.92 Å². The molecule has 0 aromatic carbocycles. The first kappa shape index (κ1) is 12.0. The van der Waals surface area contributed by atoms with Crippen LogP contribution in [-0.2, 0) is 14.3 Å². The Bertz CT molecular complexity index is 234. The Morgan fingerprint density at radius 1 is 1.33 bits per heavy atom. The molecule has 1 fully saturated rings. The van der Waals surface area contributed by atoms with Gasteiger partial charge in [-0.2, -0.15) is 0 Å². The molecule has 4 heteroatoms. The summed E-state index contributed by atoms with van der Waals surface area (Å²) in [5.74, 6) is -1.63. The van der Waals surface area contributed by atoms with Crippen LogP contribution >= 0.6 is 0 Å². The first-order valence-corrected chi connectivity index (χ1v) is 5.62. The van der Waals surface area contributed by atoms with E-state index in [9.17, 15) is 9.59 Å². The predicted molar refractivity (Wildman–Crippen MR) is 55.9 cm³/mol. The van der Waals surface area contributed by atoms with Crippen LogP contribution in [0.15, 0.2) is 0 Å². The summed E-state index contributed by atoms with van der Waals surface area (Å²) in [6.07, 6.45) is 5.16. The van der Waals surface area contributed by atoms with E-state index in [1.165, 1.54) is 6.42 Å². The van der Waals surface area contributed by atoms with E-state index in [1.54, 1.807) is 6.92 Å². The Kier molecular flexibility index (Phi) is 4.59. The Morgan fingerprint density at radius 3 is 2.40 bits per heavy atom. The molecule has 2 N–H and O–H groups in total. The van der Waals surface area contributed by atoms with Crippen molar-refractivity contribution in [3.05, 3.63) is 0 Å². The average Bonchev–Trinajstić information content (AvgIpc) is 2.19. The van der Waals surface area contributed by atoms with Gasteiger partial charge in [-0.3, -0.25) is 9.59 Å². The van der Waals surface area contributed by atoms with Gasteiger partial charge in [-0.15, -0.1) is 0 Å². The van der Waals surface area contributed by atoms with Gasteiger partial charge in [0.25, 0.3) is 0 Å². The van der Waals surface area contributed by atoms with Crippen molar-refractivity contribution >= 4 is 11.9 Å². The molecule has 4 nitrogen and oxygen atoms in total. The quantitative estimate of drug-likeness (QED) is 0.564. The third-order valence-corrected chi connectivity index (χ3v) is 2.97. The molecule has 0 spiro atoms. The van der Waals surface area contributed by atoms with E-state index in [0.29, 0.717) is 6.61 Å². The minimum atomic E-state index is -0.731. The van der Waals surface area contributed by atoms with E-state index in [1.807, 2.05) is 0 Å². The lowest BCUT2D eigenvalue weighted by Crippen LogP contribution is -2.38. The van der Waals surface area contributed by atoms with Crippen LogP contribution in [0.3, 0.4) is 0 Å². The van der Waals surface area contributed by atoms with Crippen molar-refractivity contribution in [1.29, 1.82) is 0 Å². The normalized spacial score (nSPS) is 19.5. The number of hydrogen-bond acceptors (Lipinski definition) is 3. The molecule has 0 aromatic rings. The van der Waals surface area contributed by atoms with Crippen LogP contribution in [0.1, 0.15) is 39.0 Å². The molecule has 0 saturated heterocycles. The van der Waals surface area contributed by atoms with Crippen molar-refractivity contribution in [3.63, 3.8) is 0 Å². The van der Waals surface area contributed by atoms with Gasteiger partial charge in [-0.25, -0.2) is 0 Å². The lowest BCUT2D eigenvalue weighted by molar-refractivity contribution is -0.154. The fraction of sp³-hybridized carbons (Fsp3) is 0.818. The smallest absolute Gasteiger partial charge is 0.318 e. The SMILES string of the molecule is CCOC(=O)C(C(N)=O)C1CCCCC1. The second-order valence-corrected chi connectivity index (χ2v) is 4.03. The molecule has 86 valence electrons. The lowest BCUT2D eigenvalue weighted by atomic mass is 9.79. The number of carbonyl (C=O) groups excluding carboxylic acids is 2. The minimum Gasteiger partial charge on any atom is -0.465 e. The minimum absolute atomic E-state index is 0.0929. The van der Waals surface area contributed by atoms with Crippen molar-refractivity contribution in [1.82, 2.24) is 0 Å². The molecule has 1 aliphatic rings. The molecule has 0 aromatic heterocycles. The second kappa shape index (κ2) is 5.73. The van der Waals surface area contributed by atoms with Gasteiger partial charge in [0.2, 0.25) is 5.91 Å². The summed E-state index contributed by atoms with van der Waals surface area (Å²) in [4.78, 5) is 22.8. The highest BCUT2D eigenvalue weighted by atomic mass is 16.5. The van der Waals surface area contributed by atoms with Crippen molar-refractivity contribution < 1.29 is 14.3 Å². The van der Waals surface area contributed by atoms with Crippen molar-refractivity contribution in [3.8, 4) is 0 Å². The van der Waals surface area contributed by atoms with Crippen LogP contribution < -0.4 is 5.73 Å². The number of primary amides is 1. The maximum Gasteiger partial charge on any atom is 0.318 e. The molecular formula is C11H19NO3. The molecule has 1 amide bonds. The molecule has 1 atom stereocenters. The molecular weight excluding hydrogens is 194 g/mol. The van der Waals surface area contributed by atoms with E-state index in [2.05, 4.69) is 0 Å². The van der Waals surface area contributed by atoms with Gasteiger partial charge >= 0.3 is 5.97 Å². The van der Waals surface area contributed by atoms with E-state index >= 15 is 0 Å². The summed E-state index contributed by atoms with van der Waals surface area (Å²) in [6, 6.07) is 0. The van der Waals surface area contributed by atoms with Crippen LogP contribution in [0.25, 0.3) is 0 Å². The van der Waals surface area contributed by atoms with E-state index in [4.69, 9.17) is 10.5 Å². The zero-order valence-electron chi connectivity index (χ0n) is 9.20. The third kappa shape index (κ3) is 3.22. The van der Waals surface area contributed by atoms with E-state index < -0.39 is 17.8 Å². The number of nitrogens with two attached hydrogens (primary N) is 1. The van der Waals surface area contributed by atoms with Gasteiger partial charge in [0.05, 0.1) is 6.61 Å². The number of ether oxygens (including phenoxy) is 1. The summed E-state index contributed by atoms with van der Waals surface area (Å²) < 4.78 is 4.88. The fourth-order valence-electron chi connectivity index (χ4n) is 2.24. The lowest BCUT2D eigenvalue weighted by Gasteiger charge is -2.26. The molecule has 1 aliphatic carbocycles. The van der Waals surface area contributed by atoms with Gasteiger partial charge in [0.1, 0.15) is 5.92 Å². The Hall–Kier alpha value is -1.06. The maximum atomic E-state index is 11.6. The average molecular weight is 213 g/mol. The van der Waals surface area contributed by atoms with Crippen LogP contribution in [-0.4, -0.2) is 18.5 Å². The highest BCUT2D eigenvalue weighted by molar-refractivity contribution is 5.97. The van der Waals surface area contributed by atoms with Crippen LogP contribution in [0.4, 0.5) is 0 Å². The fourth-order valence-corrected chi connectivity index (χ4v) is 2.24. The standard InChI is InChI=1S/C11H19NO3/c1-2-15-11(14)9(10(12)13)8-6-4-3-5-7-8/h8-9H,2-7H2,1H3,(H2,12,13). The highest BCUT2D eigenvalue weighted by Gasteiger charge is 2.34. The number of rotatable bonds is 4. The third-order valence-electron chi connectivity index (χ3n) is 2.97. The molecule has 1 saturated carbocycles. The summed E-state index contributed by atoms with van der Waals surface area (Å²) in [7, 11) is 0. The first-order chi connectivity index (χ1) is 7.16. The molecule has 0 radical (unpaired) electrons. The first-order valence-electron chi connectivity index (χ1n) is 5.62. The predicted octanol–water partition coefficient (Wildman–Crippen LogP) is 1.23. The van der Waals surface area contributed by atoms with Crippen molar-refractivity contribution in [2.24, 2.45) is 17.6 Å². The topological polar surface area (TPSA) is 69.4 Å². The molecule has 1 unspecified atom stereocenters. The number of amides is 1. The molecule has 0 aliphatic heterocycles. The highest BCUT2D eigenvalue weighted by Crippen LogP contribution is 2.30. The maximum absolute atomic E-state index is 11.6. The van der Waals surface area contributed by atoms with Gasteiger partial charge < -0.3 is 10.5 Å². The Balaban J connectivity index is 2.63. The number of carbonyl (C=O) groups is 2. The number of esters is 1. The summed E-state index contributed by atoms with van der Waals surface area (Å²) >= 11 is 0. The van der Waals surface area contributed by atoms with Gasteiger partial charge in [-0.05, 0) is 25.7 Å². The van der Waals surface area contributed by atoms with Crippen molar-refractivity contribution in [2.45, 2.75) is 39.0 Å². The van der Waals surface area contributed by atoms with E-state index in [0.717, 1.165) is 25.7 Å². The molecule has 0 bridgehead atoms. The van der Waals surface area contributed by atoms with Gasteiger partial charge in [0, 0.05) is 0 Å². The van der Waals surface area contributed by atoms with Crippen molar-refractivity contribution in [2.75, 3.05) is 6.61 Å². The zero-order chi connectivity index (χ0) is 11.3. The monoisotopic (exact) mass is 213 g/mol. The summed E-state index contributed by atoms with van der Waals surface area (Å²) in [5.41, 5.74) is 5.26. The van der Waals surface area contributed by atoms with Crippen LogP contribution in [0.5, 0.6) is 0 Å². The molecule has 0 heterocycles. The van der Waals surface area contributed by atoms with Crippen LogP contribution in [0.2, 0.25) is 0 Å². The zero-order valence-corrected chi connectivity index (χ0v) is 9.20. The number of hydrogen-bond donors (Lipinski definition) is 1. The molecule has 1 rings (SSSR count). The van der Waals surface area contributed by atoms with Gasteiger partial charge in [0.15, 0.2) is 0 Å². The van der Waals surface area contributed by atoms with Gasteiger partial charge in [-0.1, -0.05) is 19.3 Å². The Morgan fingerprint density at radius 2 is 1.93 bits per heavy atom. The largest absolute Gasteiger partial charge is 0.465 e. The summed E-state index contributed by atoms with van der Waals surface area (Å²) in [5, 5.41) is 0. The Labute approximate surface area is 90.2 Å². The summed E-state index contributed by atoms with van der Waals surface area (Å²) in [6.45, 7) is 2.03. The molecule has 15 heavy (non-hydrogen) atoms. The second-order valence-electron chi connectivity index (χ2n) is 4.03. The van der Waals surface area contributed by atoms with Crippen LogP contribution in [0, 0.1) is 11.8 Å².